The van der Waals surface area contributed by atoms with Crippen LogP contribution in [0.1, 0.15) is 49.6 Å². The van der Waals surface area contributed by atoms with Crippen LogP contribution < -0.4 is 11.1 Å². The standard InChI is InChI=1S/C20H27N3O2S/c1-12(2)14-5-6-16-18(10-14)26-19(23-16)11-15(20(25)22-8-7-21)9-17(24)13-3-4-13/h5-6,10,12-13,15H,3-4,7-9,11,21H2,1-2H3,(H,22,25)/t15-/m0/s1. The van der Waals surface area contributed by atoms with Crippen molar-refractivity contribution in [2.75, 3.05) is 13.1 Å². The zero-order valence-corrected chi connectivity index (χ0v) is 16.3. The van der Waals surface area contributed by atoms with E-state index in [2.05, 4.69) is 36.3 Å². The fourth-order valence-electron chi connectivity index (χ4n) is 3.06. The number of hydrogen-bond donors (Lipinski definition) is 2. The number of amides is 1. The minimum atomic E-state index is -0.361. The zero-order chi connectivity index (χ0) is 18.7. The Balaban J connectivity index is 1.76. The van der Waals surface area contributed by atoms with Crippen molar-refractivity contribution in [3.63, 3.8) is 0 Å². The lowest BCUT2D eigenvalue weighted by Crippen LogP contribution is -2.36. The van der Waals surface area contributed by atoms with E-state index in [-0.39, 0.29) is 23.5 Å². The largest absolute Gasteiger partial charge is 0.355 e. The van der Waals surface area contributed by atoms with Gasteiger partial charge in [0, 0.05) is 31.8 Å². The number of carbonyl (C=O) groups is 2. The van der Waals surface area contributed by atoms with Gasteiger partial charge in [-0.2, -0.15) is 0 Å². The van der Waals surface area contributed by atoms with Crippen molar-refractivity contribution < 1.29 is 9.59 Å². The second-order valence-electron chi connectivity index (χ2n) is 7.41. The molecular formula is C20H27N3O2S. The lowest BCUT2D eigenvalue weighted by Gasteiger charge is -2.14. The maximum Gasteiger partial charge on any atom is 0.224 e. The molecule has 140 valence electrons. The SMILES string of the molecule is CC(C)c1ccc2nc(C[C@H](CC(=O)C3CC3)C(=O)NCCN)sc2c1. The number of aromatic nitrogens is 1. The molecule has 1 fully saturated rings. The van der Waals surface area contributed by atoms with Crippen LogP contribution in [0.25, 0.3) is 10.2 Å². The third kappa shape index (κ3) is 4.68. The van der Waals surface area contributed by atoms with Gasteiger partial charge in [-0.15, -0.1) is 11.3 Å². The highest BCUT2D eigenvalue weighted by atomic mass is 32.1. The van der Waals surface area contributed by atoms with Crippen LogP contribution in [0, 0.1) is 11.8 Å². The number of carbonyl (C=O) groups excluding carboxylic acids is 2. The molecule has 1 aromatic heterocycles. The highest BCUT2D eigenvalue weighted by molar-refractivity contribution is 7.18. The number of benzene rings is 1. The first-order valence-electron chi connectivity index (χ1n) is 9.37. The van der Waals surface area contributed by atoms with Gasteiger partial charge in [0.25, 0.3) is 0 Å². The van der Waals surface area contributed by atoms with Gasteiger partial charge in [0.15, 0.2) is 0 Å². The molecule has 0 unspecified atom stereocenters. The lowest BCUT2D eigenvalue weighted by molar-refractivity contribution is -0.129. The van der Waals surface area contributed by atoms with Crippen molar-refractivity contribution in [1.82, 2.24) is 10.3 Å². The van der Waals surface area contributed by atoms with Crippen LogP contribution in [0.2, 0.25) is 0 Å². The first-order valence-corrected chi connectivity index (χ1v) is 10.2. The maximum atomic E-state index is 12.5. The zero-order valence-electron chi connectivity index (χ0n) is 15.5. The maximum absolute atomic E-state index is 12.5. The van der Waals surface area contributed by atoms with Crippen molar-refractivity contribution in [3.05, 3.63) is 28.8 Å². The molecule has 0 saturated heterocycles. The summed E-state index contributed by atoms with van der Waals surface area (Å²) in [6.07, 6.45) is 2.74. The van der Waals surface area contributed by atoms with Crippen molar-refractivity contribution >= 4 is 33.2 Å². The molecular weight excluding hydrogens is 346 g/mol. The van der Waals surface area contributed by atoms with Gasteiger partial charge >= 0.3 is 0 Å². The van der Waals surface area contributed by atoms with E-state index >= 15 is 0 Å². The summed E-state index contributed by atoms with van der Waals surface area (Å²) < 4.78 is 1.14. The first kappa shape index (κ1) is 19.0. The molecule has 1 aliphatic rings. The average molecular weight is 374 g/mol. The predicted molar refractivity (Wildman–Crippen MR) is 105 cm³/mol. The second-order valence-corrected chi connectivity index (χ2v) is 8.53. The van der Waals surface area contributed by atoms with Crippen molar-refractivity contribution in [2.45, 2.75) is 45.4 Å². The Morgan fingerprint density at radius 1 is 1.35 bits per heavy atom. The van der Waals surface area contributed by atoms with E-state index in [4.69, 9.17) is 5.73 Å². The van der Waals surface area contributed by atoms with E-state index in [9.17, 15) is 9.59 Å². The van der Waals surface area contributed by atoms with Crippen LogP contribution in [-0.2, 0) is 16.0 Å². The summed E-state index contributed by atoms with van der Waals surface area (Å²) in [6.45, 7) is 5.17. The number of nitrogens with one attached hydrogen (secondary N) is 1. The summed E-state index contributed by atoms with van der Waals surface area (Å²) in [4.78, 5) is 29.4. The molecule has 3 rings (SSSR count). The molecule has 0 bridgehead atoms. The lowest BCUT2D eigenvalue weighted by atomic mass is 9.96. The molecule has 1 heterocycles. The van der Waals surface area contributed by atoms with E-state index in [0.717, 1.165) is 28.1 Å². The number of thiazole rings is 1. The van der Waals surface area contributed by atoms with Gasteiger partial charge in [-0.05, 0) is 36.5 Å². The summed E-state index contributed by atoms with van der Waals surface area (Å²) in [6, 6.07) is 6.34. The van der Waals surface area contributed by atoms with Crippen molar-refractivity contribution in [1.29, 1.82) is 0 Å². The van der Waals surface area contributed by atoms with Gasteiger partial charge in [0.2, 0.25) is 5.91 Å². The monoisotopic (exact) mass is 373 g/mol. The average Bonchev–Trinajstić information content (AvgIpc) is 3.38. The first-order chi connectivity index (χ1) is 12.5. The predicted octanol–water partition coefficient (Wildman–Crippen LogP) is 3.02. The molecule has 3 N–H and O–H groups in total. The summed E-state index contributed by atoms with van der Waals surface area (Å²) in [5.74, 6) is 0.395. The highest BCUT2D eigenvalue weighted by Crippen LogP contribution is 2.33. The highest BCUT2D eigenvalue weighted by Gasteiger charge is 2.33. The summed E-state index contributed by atoms with van der Waals surface area (Å²) >= 11 is 1.62. The minimum absolute atomic E-state index is 0.0911. The number of ketones is 1. The molecule has 2 aromatic rings. The Bertz CT molecular complexity index is 795. The Kier molecular flexibility index (Phi) is 6.04. The molecule has 26 heavy (non-hydrogen) atoms. The summed E-state index contributed by atoms with van der Waals surface area (Å²) in [5.41, 5.74) is 7.73. The molecule has 1 saturated carbocycles. The van der Waals surface area contributed by atoms with Gasteiger partial charge in [-0.25, -0.2) is 4.98 Å². The number of rotatable bonds is 9. The third-order valence-corrected chi connectivity index (χ3v) is 5.88. The van der Waals surface area contributed by atoms with E-state index in [1.165, 1.54) is 5.56 Å². The molecule has 1 atom stereocenters. The van der Waals surface area contributed by atoms with Crippen LogP contribution in [0.15, 0.2) is 18.2 Å². The van der Waals surface area contributed by atoms with Crippen LogP contribution in [0.4, 0.5) is 0 Å². The van der Waals surface area contributed by atoms with Gasteiger partial charge in [0.05, 0.1) is 21.1 Å². The fourth-order valence-corrected chi connectivity index (χ4v) is 4.15. The topological polar surface area (TPSA) is 85.1 Å². The Morgan fingerprint density at radius 2 is 2.12 bits per heavy atom. The van der Waals surface area contributed by atoms with Crippen LogP contribution in [0.3, 0.4) is 0 Å². The molecule has 0 aliphatic heterocycles. The Hall–Kier alpha value is -1.79. The van der Waals surface area contributed by atoms with Crippen LogP contribution in [0.5, 0.6) is 0 Å². The molecule has 0 radical (unpaired) electrons. The molecule has 1 amide bonds. The Morgan fingerprint density at radius 3 is 2.77 bits per heavy atom. The number of fused-ring (bicyclic) bond motifs is 1. The molecule has 0 spiro atoms. The minimum Gasteiger partial charge on any atom is -0.355 e. The van der Waals surface area contributed by atoms with E-state index in [1.54, 1.807) is 11.3 Å². The summed E-state index contributed by atoms with van der Waals surface area (Å²) in [5, 5.41) is 3.75. The normalized spacial score (nSPS) is 15.4. The van der Waals surface area contributed by atoms with E-state index in [0.29, 0.717) is 31.8 Å². The van der Waals surface area contributed by atoms with Gasteiger partial charge in [-0.3, -0.25) is 9.59 Å². The van der Waals surface area contributed by atoms with Gasteiger partial charge < -0.3 is 11.1 Å². The Labute approximate surface area is 158 Å². The molecule has 1 aromatic carbocycles. The third-order valence-electron chi connectivity index (χ3n) is 4.84. The quantitative estimate of drug-likeness (QED) is 0.707. The van der Waals surface area contributed by atoms with Gasteiger partial charge in [0.1, 0.15) is 5.78 Å². The molecule has 5 nitrogen and oxygen atoms in total. The number of nitrogens with zero attached hydrogens (tertiary/aromatic N) is 1. The van der Waals surface area contributed by atoms with Crippen molar-refractivity contribution in [2.24, 2.45) is 17.6 Å². The number of nitrogens with two attached hydrogens (primary N) is 1. The smallest absolute Gasteiger partial charge is 0.224 e. The van der Waals surface area contributed by atoms with Gasteiger partial charge in [-0.1, -0.05) is 19.9 Å². The fraction of sp³-hybridized carbons (Fsp3) is 0.550. The van der Waals surface area contributed by atoms with E-state index in [1.807, 2.05) is 6.07 Å². The van der Waals surface area contributed by atoms with Crippen molar-refractivity contribution in [3.8, 4) is 0 Å². The number of Topliss-reactive ketones (excluding diaryl/α,β-unsaturated/α-hetero) is 1. The molecule has 1 aliphatic carbocycles. The van der Waals surface area contributed by atoms with Crippen LogP contribution >= 0.6 is 11.3 Å². The summed E-state index contributed by atoms with van der Waals surface area (Å²) in [7, 11) is 0. The number of hydrogen-bond acceptors (Lipinski definition) is 5. The van der Waals surface area contributed by atoms with Crippen LogP contribution in [-0.4, -0.2) is 29.8 Å². The second kappa shape index (κ2) is 8.27. The molecule has 6 heteroatoms. The van der Waals surface area contributed by atoms with E-state index < -0.39 is 0 Å².